The molecule has 1 saturated carbocycles. The van der Waals surface area contributed by atoms with Crippen LogP contribution in [0.15, 0.2) is 78.9 Å². The van der Waals surface area contributed by atoms with Gasteiger partial charge in [0.05, 0.1) is 18.6 Å². The summed E-state index contributed by atoms with van der Waals surface area (Å²) in [6, 6.07) is 23.2. The fourth-order valence-corrected chi connectivity index (χ4v) is 6.81. The predicted octanol–water partition coefficient (Wildman–Crippen LogP) is 5.98. The lowest BCUT2D eigenvalue weighted by molar-refractivity contribution is -0.141. The summed E-state index contributed by atoms with van der Waals surface area (Å²) in [6.45, 7) is 2.70. The van der Waals surface area contributed by atoms with Gasteiger partial charge in [-0.05, 0) is 73.7 Å². The van der Waals surface area contributed by atoms with Crippen molar-refractivity contribution in [2.75, 3.05) is 23.7 Å². The number of anilines is 1. The first kappa shape index (κ1) is 33.3. The third kappa shape index (κ3) is 9.72. The van der Waals surface area contributed by atoms with E-state index in [4.69, 9.17) is 16.3 Å². The minimum Gasteiger partial charge on any atom is -0.494 e. The maximum atomic E-state index is 14.0. The molecule has 236 valence electrons. The Kier molecular flexibility index (Phi) is 12.1. The van der Waals surface area contributed by atoms with Crippen LogP contribution in [0.3, 0.4) is 0 Å². The maximum absolute atomic E-state index is 14.0. The molecule has 0 radical (unpaired) electrons. The molecule has 3 aromatic rings. The molecular weight excluding hydrogens is 598 g/mol. The lowest BCUT2D eigenvalue weighted by atomic mass is 10.0. The number of carbonyl (C=O) groups is 2. The van der Waals surface area contributed by atoms with E-state index >= 15 is 0 Å². The van der Waals surface area contributed by atoms with Crippen LogP contribution in [0.5, 0.6) is 5.75 Å². The molecule has 1 aliphatic rings. The molecule has 0 unspecified atom stereocenters. The Morgan fingerprint density at radius 1 is 0.977 bits per heavy atom. The van der Waals surface area contributed by atoms with Crippen LogP contribution in [0, 0.1) is 0 Å². The lowest BCUT2D eigenvalue weighted by Crippen LogP contribution is -2.52. The zero-order valence-electron chi connectivity index (χ0n) is 25.5. The number of nitrogens with one attached hydrogen (secondary N) is 1. The van der Waals surface area contributed by atoms with Crippen molar-refractivity contribution in [2.45, 2.75) is 70.5 Å². The van der Waals surface area contributed by atoms with Crippen LogP contribution in [-0.4, -0.2) is 56.6 Å². The Hall–Kier alpha value is -3.56. The smallest absolute Gasteiger partial charge is 0.243 e. The van der Waals surface area contributed by atoms with E-state index in [2.05, 4.69) is 5.32 Å². The summed E-state index contributed by atoms with van der Waals surface area (Å²) in [4.78, 5) is 29.5. The number of rotatable bonds is 15. The highest BCUT2D eigenvalue weighted by molar-refractivity contribution is 7.92. The van der Waals surface area contributed by atoms with Crippen molar-refractivity contribution in [3.63, 3.8) is 0 Å². The van der Waals surface area contributed by atoms with Crippen LogP contribution >= 0.6 is 11.6 Å². The van der Waals surface area contributed by atoms with E-state index in [1.165, 1.54) is 4.31 Å². The van der Waals surface area contributed by atoms with Crippen LogP contribution < -0.4 is 14.4 Å². The molecular formula is C34H42ClN3O5S. The zero-order valence-corrected chi connectivity index (χ0v) is 27.0. The molecule has 0 aromatic heterocycles. The van der Waals surface area contributed by atoms with Crippen LogP contribution in [0.2, 0.25) is 5.02 Å². The molecule has 4 rings (SSSR count). The standard InChI is InChI=1S/C34H42ClN3O5S/c1-3-43-31-20-18-30(19-21-31)38(44(2,41)42)22-10-17-33(39)37(25-27-13-9-14-28(35)23-27)32(24-26-11-5-4-6-12-26)34(40)36-29-15-7-8-16-29/h4-6,9,11-14,18-21,23,29,32H,3,7-8,10,15-17,22,24-25H2,1-2H3,(H,36,40)/t32-/m0/s1. The van der Waals surface area contributed by atoms with E-state index in [9.17, 15) is 18.0 Å². The van der Waals surface area contributed by atoms with E-state index in [-0.39, 0.29) is 43.8 Å². The van der Waals surface area contributed by atoms with Gasteiger partial charge in [-0.1, -0.05) is 66.9 Å². The summed E-state index contributed by atoms with van der Waals surface area (Å²) < 4.78 is 32.2. The first-order valence-electron chi connectivity index (χ1n) is 15.2. The number of halogens is 1. The van der Waals surface area contributed by atoms with Gasteiger partial charge in [0, 0.05) is 37.0 Å². The summed E-state index contributed by atoms with van der Waals surface area (Å²) in [7, 11) is -3.61. The second kappa shape index (κ2) is 16.0. The molecule has 2 amide bonds. The van der Waals surface area contributed by atoms with Crippen LogP contribution in [0.25, 0.3) is 0 Å². The molecule has 1 fully saturated rings. The second-order valence-electron chi connectivity index (χ2n) is 11.2. The van der Waals surface area contributed by atoms with Gasteiger partial charge in [-0.15, -0.1) is 0 Å². The first-order chi connectivity index (χ1) is 21.1. The monoisotopic (exact) mass is 639 g/mol. The normalized spacial score (nSPS) is 14.2. The largest absolute Gasteiger partial charge is 0.494 e. The summed E-state index contributed by atoms with van der Waals surface area (Å²) in [5.41, 5.74) is 2.25. The molecule has 1 N–H and O–H groups in total. The van der Waals surface area contributed by atoms with Gasteiger partial charge >= 0.3 is 0 Å². The van der Waals surface area contributed by atoms with Crippen molar-refractivity contribution in [3.05, 3.63) is 95.0 Å². The van der Waals surface area contributed by atoms with Crippen molar-refractivity contribution in [1.29, 1.82) is 0 Å². The minimum atomic E-state index is -3.61. The topological polar surface area (TPSA) is 96.0 Å². The van der Waals surface area contributed by atoms with Crippen molar-refractivity contribution in [1.82, 2.24) is 10.2 Å². The molecule has 44 heavy (non-hydrogen) atoms. The lowest BCUT2D eigenvalue weighted by Gasteiger charge is -2.33. The molecule has 1 atom stereocenters. The Morgan fingerprint density at radius 2 is 1.66 bits per heavy atom. The number of ether oxygens (including phenoxy) is 1. The van der Waals surface area contributed by atoms with Crippen molar-refractivity contribution in [3.8, 4) is 5.75 Å². The van der Waals surface area contributed by atoms with Crippen LogP contribution in [0.1, 0.15) is 56.6 Å². The van der Waals surface area contributed by atoms with Crippen molar-refractivity contribution in [2.24, 2.45) is 0 Å². The fraction of sp³-hybridized carbons (Fsp3) is 0.412. The summed E-state index contributed by atoms with van der Waals surface area (Å²) in [5, 5.41) is 3.75. The Morgan fingerprint density at radius 3 is 2.30 bits per heavy atom. The average molecular weight is 640 g/mol. The van der Waals surface area contributed by atoms with Gasteiger partial charge in [-0.2, -0.15) is 0 Å². The van der Waals surface area contributed by atoms with Gasteiger partial charge in [-0.25, -0.2) is 8.42 Å². The SMILES string of the molecule is CCOc1ccc(N(CCCC(=O)N(Cc2cccc(Cl)c2)[C@@H](Cc2ccccc2)C(=O)NC2CCCC2)S(C)(=O)=O)cc1. The number of nitrogens with zero attached hydrogens (tertiary/aromatic N) is 2. The number of carbonyl (C=O) groups excluding carboxylic acids is 2. The molecule has 0 aliphatic heterocycles. The molecule has 1 aliphatic carbocycles. The molecule has 0 heterocycles. The molecule has 0 spiro atoms. The van der Waals surface area contributed by atoms with Gasteiger partial charge < -0.3 is 15.0 Å². The highest BCUT2D eigenvalue weighted by atomic mass is 35.5. The van der Waals surface area contributed by atoms with E-state index in [0.717, 1.165) is 43.1 Å². The summed E-state index contributed by atoms with van der Waals surface area (Å²) in [6.07, 6.45) is 5.85. The van der Waals surface area contributed by atoms with Gasteiger partial charge in [0.25, 0.3) is 0 Å². The fourth-order valence-electron chi connectivity index (χ4n) is 5.63. The van der Waals surface area contributed by atoms with Crippen molar-refractivity contribution < 1.29 is 22.7 Å². The van der Waals surface area contributed by atoms with E-state index < -0.39 is 16.1 Å². The van der Waals surface area contributed by atoms with Crippen LogP contribution in [-0.2, 0) is 32.6 Å². The number of hydrogen-bond donors (Lipinski definition) is 1. The highest BCUT2D eigenvalue weighted by Gasteiger charge is 2.32. The van der Waals surface area contributed by atoms with Gasteiger partial charge in [0.1, 0.15) is 11.8 Å². The number of amides is 2. The van der Waals surface area contributed by atoms with E-state index in [1.54, 1.807) is 41.3 Å². The third-order valence-corrected chi connectivity index (χ3v) is 9.23. The van der Waals surface area contributed by atoms with Crippen LogP contribution in [0.4, 0.5) is 5.69 Å². The highest BCUT2D eigenvalue weighted by Crippen LogP contribution is 2.24. The number of hydrogen-bond acceptors (Lipinski definition) is 5. The number of sulfonamides is 1. The number of benzene rings is 3. The van der Waals surface area contributed by atoms with Crippen molar-refractivity contribution >= 4 is 39.1 Å². The average Bonchev–Trinajstić information content (AvgIpc) is 3.51. The first-order valence-corrected chi connectivity index (χ1v) is 17.5. The molecule has 8 nitrogen and oxygen atoms in total. The maximum Gasteiger partial charge on any atom is 0.243 e. The van der Waals surface area contributed by atoms with E-state index in [0.29, 0.717) is 29.5 Å². The zero-order chi connectivity index (χ0) is 31.5. The molecule has 3 aromatic carbocycles. The molecule has 10 heteroatoms. The Balaban J connectivity index is 1.57. The second-order valence-corrected chi connectivity index (χ2v) is 13.6. The Bertz CT molecular complexity index is 1480. The summed E-state index contributed by atoms with van der Waals surface area (Å²) >= 11 is 6.29. The van der Waals surface area contributed by atoms with Gasteiger partial charge in [0.15, 0.2) is 0 Å². The molecule has 0 bridgehead atoms. The van der Waals surface area contributed by atoms with Gasteiger partial charge in [0.2, 0.25) is 21.8 Å². The summed E-state index contributed by atoms with van der Waals surface area (Å²) in [5.74, 6) is 0.243. The quantitative estimate of drug-likeness (QED) is 0.221. The third-order valence-electron chi connectivity index (χ3n) is 7.80. The molecule has 0 saturated heterocycles. The minimum absolute atomic E-state index is 0.0611. The Labute approximate surface area is 266 Å². The van der Waals surface area contributed by atoms with E-state index in [1.807, 2.05) is 49.4 Å². The van der Waals surface area contributed by atoms with Gasteiger partial charge in [-0.3, -0.25) is 13.9 Å². The predicted molar refractivity (Wildman–Crippen MR) is 175 cm³/mol.